The van der Waals surface area contributed by atoms with Gasteiger partial charge in [-0.2, -0.15) is 0 Å². The predicted octanol–water partition coefficient (Wildman–Crippen LogP) is 3.59. The lowest BCUT2D eigenvalue weighted by atomic mass is 10.2. The number of fused-ring (bicyclic) bond motifs is 1. The molecule has 2 heterocycles. The molecule has 3 aromatic rings. The summed E-state index contributed by atoms with van der Waals surface area (Å²) in [5.74, 6) is 0. The molecule has 0 aliphatic carbocycles. The zero-order valence-corrected chi connectivity index (χ0v) is 16.2. The van der Waals surface area contributed by atoms with Gasteiger partial charge in [-0.25, -0.2) is 12.4 Å². The average Bonchev–Trinajstić information content (AvgIpc) is 3.07. The highest BCUT2D eigenvalue weighted by Crippen LogP contribution is 2.37. The molecule has 0 saturated carbocycles. The lowest BCUT2D eigenvalue weighted by Gasteiger charge is -2.30. The molecular formula is C18H17Cl2N3O2S. The lowest BCUT2D eigenvalue weighted by molar-refractivity contribution is 0.589. The number of piperazine rings is 1. The van der Waals surface area contributed by atoms with E-state index in [9.17, 15) is 8.42 Å². The monoisotopic (exact) mass is 409 g/mol. The van der Waals surface area contributed by atoms with Crippen molar-refractivity contribution in [1.29, 1.82) is 0 Å². The Hall–Kier alpha value is -1.73. The minimum Gasteiger partial charge on any atom is -0.367 e. The maximum Gasteiger partial charge on any atom is 0.269 e. The van der Waals surface area contributed by atoms with E-state index < -0.39 is 10.0 Å². The van der Waals surface area contributed by atoms with Crippen LogP contribution in [0.4, 0.5) is 5.69 Å². The van der Waals surface area contributed by atoms with Gasteiger partial charge in [0, 0.05) is 37.8 Å². The van der Waals surface area contributed by atoms with Crippen molar-refractivity contribution in [1.82, 2.24) is 9.29 Å². The zero-order valence-electron chi connectivity index (χ0n) is 13.8. The normalized spacial score (nSPS) is 15.5. The first-order valence-electron chi connectivity index (χ1n) is 8.25. The molecule has 1 N–H and O–H groups in total. The first-order chi connectivity index (χ1) is 12.5. The third kappa shape index (κ3) is 2.87. The molecule has 0 radical (unpaired) electrons. The van der Waals surface area contributed by atoms with Gasteiger partial charge in [0.2, 0.25) is 0 Å². The second-order valence-electron chi connectivity index (χ2n) is 6.11. The van der Waals surface area contributed by atoms with Gasteiger partial charge in [-0.15, -0.1) is 0 Å². The number of rotatable bonds is 3. The molecule has 136 valence electrons. The van der Waals surface area contributed by atoms with E-state index in [1.807, 2.05) is 0 Å². The van der Waals surface area contributed by atoms with Crippen molar-refractivity contribution in [2.24, 2.45) is 0 Å². The summed E-state index contributed by atoms with van der Waals surface area (Å²) in [4.78, 5) is 2.27. The molecule has 1 aromatic heterocycles. The molecule has 1 fully saturated rings. The van der Waals surface area contributed by atoms with E-state index in [4.69, 9.17) is 23.2 Å². The highest BCUT2D eigenvalue weighted by Gasteiger charge is 2.24. The number of hydrogen-bond donors (Lipinski definition) is 1. The minimum atomic E-state index is -3.80. The average molecular weight is 410 g/mol. The van der Waals surface area contributed by atoms with E-state index >= 15 is 0 Å². The predicted molar refractivity (Wildman–Crippen MR) is 106 cm³/mol. The van der Waals surface area contributed by atoms with Crippen LogP contribution in [0.25, 0.3) is 10.9 Å². The molecule has 1 aliphatic rings. The molecule has 1 aliphatic heterocycles. The molecule has 0 unspecified atom stereocenters. The fourth-order valence-corrected chi connectivity index (χ4v) is 5.46. The highest BCUT2D eigenvalue weighted by molar-refractivity contribution is 7.90. The minimum absolute atomic E-state index is 0.0813. The number of hydrogen-bond acceptors (Lipinski definition) is 4. The fourth-order valence-electron chi connectivity index (χ4n) is 3.33. The van der Waals surface area contributed by atoms with Crippen LogP contribution < -0.4 is 10.2 Å². The molecule has 8 heteroatoms. The van der Waals surface area contributed by atoms with Crippen molar-refractivity contribution >= 4 is 49.8 Å². The van der Waals surface area contributed by atoms with Gasteiger partial charge in [0.05, 0.1) is 21.2 Å². The maximum absolute atomic E-state index is 13.1. The Morgan fingerprint density at radius 3 is 2.38 bits per heavy atom. The summed E-state index contributed by atoms with van der Waals surface area (Å²) in [6, 6.07) is 11.7. The summed E-state index contributed by atoms with van der Waals surface area (Å²) in [6.07, 6.45) is 1.56. The van der Waals surface area contributed by atoms with E-state index in [1.54, 1.807) is 42.6 Å². The van der Waals surface area contributed by atoms with Crippen LogP contribution in [0.1, 0.15) is 0 Å². The van der Waals surface area contributed by atoms with Crippen molar-refractivity contribution in [3.63, 3.8) is 0 Å². The SMILES string of the molecule is O=S(=O)(c1ccccc1Cl)n1ccc2c(N3CCNCC3)c(Cl)ccc21. The molecule has 0 atom stereocenters. The summed E-state index contributed by atoms with van der Waals surface area (Å²) in [6.45, 7) is 3.37. The van der Waals surface area contributed by atoms with Crippen molar-refractivity contribution in [3.05, 3.63) is 58.7 Å². The fraction of sp³-hybridized carbons (Fsp3) is 0.222. The van der Waals surface area contributed by atoms with Crippen LogP contribution in [-0.4, -0.2) is 38.6 Å². The van der Waals surface area contributed by atoms with Gasteiger partial charge in [-0.1, -0.05) is 35.3 Å². The lowest BCUT2D eigenvalue weighted by Crippen LogP contribution is -2.43. The Morgan fingerprint density at radius 2 is 1.65 bits per heavy atom. The Kier molecular flexibility index (Phi) is 4.61. The van der Waals surface area contributed by atoms with E-state index in [-0.39, 0.29) is 9.92 Å². The number of aromatic nitrogens is 1. The van der Waals surface area contributed by atoms with Gasteiger partial charge < -0.3 is 10.2 Å². The van der Waals surface area contributed by atoms with Gasteiger partial charge in [0.15, 0.2) is 0 Å². The maximum atomic E-state index is 13.1. The Balaban J connectivity index is 1.90. The molecular weight excluding hydrogens is 393 g/mol. The third-order valence-electron chi connectivity index (χ3n) is 4.57. The van der Waals surface area contributed by atoms with Crippen molar-refractivity contribution in [2.75, 3.05) is 31.1 Å². The van der Waals surface area contributed by atoms with Crippen LogP contribution in [0, 0.1) is 0 Å². The van der Waals surface area contributed by atoms with Crippen LogP contribution in [0.15, 0.2) is 53.6 Å². The second kappa shape index (κ2) is 6.78. The quantitative estimate of drug-likeness (QED) is 0.717. The van der Waals surface area contributed by atoms with Gasteiger partial charge in [0.25, 0.3) is 10.0 Å². The van der Waals surface area contributed by atoms with Crippen LogP contribution in [-0.2, 0) is 10.0 Å². The standard InChI is InChI=1S/C18H17Cl2N3O2S/c19-14-3-1-2-4-17(14)26(24,25)23-10-7-13-16(23)6-5-15(20)18(13)22-11-8-21-9-12-22/h1-7,10,21H,8-9,11-12H2. The van der Waals surface area contributed by atoms with Crippen LogP contribution in [0.3, 0.4) is 0 Å². The first kappa shape index (κ1) is 17.7. The second-order valence-corrected chi connectivity index (χ2v) is 8.71. The number of benzene rings is 2. The summed E-state index contributed by atoms with van der Waals surface area (Å²) >= 11 is 12.6. The van der Waals surface area contributed by atoms with Gasteiger partial charge in [0.1, 0.15) is 4.90 Å². The van der Waals surface area contributed by atoms with Gasteiger partial charge in [-0.3, -0.25) is 0 Å². The number of anilines is 1. The van der Waals surface area contributed by atoms with E-state index in [1.165, 1.54) is 10.0 Å². The van der Waals surface area contributed by atoms with E-state index in [0.29, 0.717) is 10.5 Å². The molecule has 0 amide bonds. The zero-order chi connectivity index (χ0) is 18.3. The van der Waals surface area contributed by atoms with Crippen molar-refractivity contribution in [3.8, 4) is 0 Å². The molecule has 0 bridgehead atoms. The molecule has 5 nitrogen and oxygen atoms in total. The number of halogens is 2. The molecule has 0 spiro atoms. The summed E-state index contributed by atoms with van der Waals surface area (Å²) in [5, 5.41) is 4.94. The van der Waals surface area contributed by atoms with Crippen molar-refractivity contribution < 1.29 is 8.42 Å². The Morgan fingerprint density at radius 1 is 0.923 bits per heavy atom. The summed E-state index contributed by atoms with van der Waals surface area (Å²) in [5.41, 5.74) is 1.46. The first-order valence-corrected chi connectivity index (χ1v) is 10.4. The highest BCUT2D eigenvalue weighted by atomic mass is 35.5. The van der Waals surface area contributed by atoms with E-state index in [2.05, 4.69) is 10.2 Å². The molecule has 2 aromatic carbocycles. The summed E-state index contributed by atoms with van der Waals surface area (Å²) in [7, 11) is -3.80. The topological polar surface area (TPSA) is 54.3 Å². The Bertz CT molecular complexity index is 1070. The Labute approximate surface area is 162 Å². The number of nitrogens with zero attached hydrogens (tertiary/aromatic N) is 2. The third-order valence-corrected chi connectivity index (χ3v) is 7.06. The number of nitrogens with one attached hydrogen (secondary N) is 1. The van der Waals surface area contributed by atoms with Crippen LogP contribution >= 0.6 is 23.2 Å². The van der Waals surface area contributed by atoms with Gasteiger partial charge in [-0.05, 0) is 30.3 Å². The molecule has 1 saturated heterocycles. The molecule has 4 rings (SSSR count). The smallest absolute Gasteiger partial charge is 0.269 e. The molecule has 26 heavy (non-hydrogen) atoms. The largest absolute Gasteiger partial charge is 0.367 e. The van der Waals surface area contributed by atoms with Crippen molar-refractivity contribution in [2.45, 2.75) is 4.90 Å². The van der Waals surface area contributed by atoms with E-state index in [0.717, 1.165) is 37.3 Å². The van der Waals surface area contributed by atoms with Crippen LogP contribution in [0.2, 0.25) is 10.0 Å². The van der Waals surface area contributed by atoms with Crippen LogP contribution in [0.5, 0.6) is 0 Å². The summed E-state index contributed by atoms with van der Waals surface area (Å²) < 4.78 is 27.5. The van der Waals surface area contributed by atoms with Gasteiger partial charge >= 0.3 is 0 Å².